The number of nitrogens with zero attached hydrogens (tertiary/aromatic N) is 1. The van der Waals surface area contributed by atoms with Gasteiger partial charge in [-0.2, -0.15) is 0 Å². The Morgan fingerprint density at radius 2 is 1.79 bits per heavy atom. The van der Waals surface area contributed by atoms with Crippen LogP contribution in [0.5, 0.6) is 0 Å². The molecule has 0 bridgehead atoms. The lowest BCUT2D eigenvalue weighted by Gasteiger charge is -2.45. The molecule has 0 aromatic heterocycles. The van der Waals surface area contributed by atoms with Crippen molar-refractivity contribution in [1.29, 1.82) is 0 Å². The topological polar surface area (TPSA) is 40.5 Å². The standard InChI is InChI=1S/C26H27F4NO2/c1-16-20(18-7-5-4-6-8-18)13-19(14-27)31(15-26(2,3)30)25(16)24-21(28)11-17(12-22(24)29)9-10-23(32)33/h4-12,19,25H,13-15H2,1-3H3,(H,32,33)/b10-9+. The van der Waals surface area contributed by atoms with Crippen LogP contribution in [0, 0.1) is 11.6 Å². The van der Waals surface area contributed by atoms with E-state index in [1.165, 1.54) is 18.7 Å². The number of rotatable bonds is 7. The van der Waals surface area contributed by atoms with Gasteiger partial charge >= 0.3 is 5.97 Å². The lowest BCUT2D eigenvalue weighted by Crippen LogP contribution is -2.49. The SMILES string of the molecule is CC1=C(c2ccccc2)CC(CF)N(CC(C)(C)F)C1c1c(F)cc(/C=C/C(=O)O)cc1F. The van der Waals surface area contributed by atoms with Gasteiger partial charge in [-0.05, 0) is 67.7 Å². The molecule has 0 saturated heterocycles. The Morgan fingerprint density at radius 3 is 2.30 bits per heavy atom. The molecule has 3 rings (SSSR count). The van der Waals surface area contributed by atoms with Crippen LogP contribution in [0.4, 0.5) is 17.6 Å². The van der Waals surface area contributed by atoms with Crippen LogP contribution in [-0.4, -0.2) is 40.9 Å². The fraction of sp³-hybridized carbons (Fsp3) is 0.346. The Kier molecular flexibility index (Phi) is 7.42. The molecule has 1 heterocycles. The van der Waals surface area contributed by atoms with Gasteiger partial charge in [-0.1, -0.05) is 30.3 Å². The highest BCUT2D eigenvalue weighted by Gasteiger charge is 2.40. The molecule has 0 saturated carbocycles. The second-order valence-electron chi connectivity index (χ2n) is 8.90. The molecule has 0 amide bonds. The molecule has 0 spiro atoms. The van der Waals surface area contributed by atoms with E-state index in [-0.39, 0.29) is 24.1 Å². The molecule has 0 fully saturated rings. The summed E-state index contributed by atoms with van der Waals surface area (Å²) in [6.07, 6.45) is 2.15. The van der Waals surface area contributed by atoms with Gasteiger partial charge in [0.1, 0.15) is 24.0 Å². The predicted molar refractivity (Wildman–Crippen MR) is 121 cm³/mol. The number of halogens is 4. The van der Waals surface area contributed by atoms with E-state index < -0.39 is 42.0 Å². The van der Waals surface area contributed by atoms with E-state index in [1.807, 2.05) is 30.3 Å². The van der Waals surface area contributed by atoms with E-state index >= 15 is 8.78 Å². The maximum atomic E-state index is 15.3. The number of carbonyl (C=O) groups is 1. The Labute approximate surface area is 191 Å². The molecule has 176 valence electrons. The van der Waals surface area contributed by atoms with Crippen molar-refractivity contribution >= 4 is 17.6 Å². The normalized spacial score (nSPS) is 20.0. The van der Waals surface area contributed by atoms with E-state index in [1.54, 1.807) is 6.92 Å². The van der Waals surface area contributed by atoms with Crippen molar-refractivity contribution in [2.75, 3.05) is 13.2 Å². The van der Waals surface area contributed by atoms with Gasteiger partial charge in [0.25, 0.3) is 0 Å². The molecule has 2 aromatic carbocycles. The molecule has 2 unspecified atom stereocenters. The molecule has 0 radical (unpaired) electrons. The van der Waals surface area contributed by atoms with Crippen LogP contribution in [0.25, 0.3) is 11.6 Å². The average molecular weight is 461 g/mol. The molecule has 33 heavy (non-hydrogen) atoms. The first kappa shape index (κ1) is 24.7. The Bertz CT molecular complexity index is 1050. The minimum absolute atomic E-state index is 0.0382. The van der Waals surface area contributed by atoms with Gasteiger partial charge in [-0.3, -0.25) is 4.90 Å². The van der Waals surface area contributed by atoms with Crippen molar-refractivity contribution in [2.24, 2.45) is 0 Å². The third-order valence-electron chi connectivity index (χ3n) is 5.78. The van der Waals surface area contributed by atoms with Crippen molar-refractivity contribution in [3.8, 4) is 0 Å². The summed E-state index contributed by atoms with van der Waals surface area (Å²) in [5, 5.41) is 8.79. The van der Waals surface area contributed by atoms with Gasteiger partial charge in [-0.25, -0.2) is 22.4 Å². The maximum absolute atomic E-state index is 15.3. The molecule has 1 aliphatic rings. The first-order valence-corrected chi connectivity index (χ1v) is 10.7. The molecule has 2 atom stereocenters. The summed E-state index contributed by atoms with van der Waals surface area (Å²) < 4.78 is 59.5. The number of carboxylic acids is 1. The Balaban J connectivity index is 2.21. The summed E-state index contributed by atoms with van der Waals surface area (Å²) >= 11 is 0. The summed E-state index contributed by atoms with van der Waals surface area (Å²) in [6.45, 7) is 3.40. The summed E-state index contributed by atoms with van der Waals surface area (Å²) in [6, 6.07) is 9.48. The van der Waals surface area contributed by atoms with E-state index in [0.29, 0.717) is 5.57 Å². The van der Waals surface area contributed by atoms with Crippen LogP contribution < -0.4 is 0 Å². The number of benzene rings is 2. The molecule has 2 aromatic rings. The number of aliphatic carboxylic acids is 1. The summed E-state index contributed by atoms with van der Waals surface area (Å²) in [5.41, 5.74) is 0.200. The number of carboxylic acid groups (broad SMARTS) is 1. The third-order valence-corrected chi connectivity index (χ3v) is 5.78. The smallest absolute Gasteiger partial charge is 0.328 e. The van der Waals surface area contributed by atoms with Crippen molar-refractivity contribution in [1.82, 2.24) is 4.90 Å². The predicted octanol–water partition coefficient (Wildman–Crippen LogP) is 6.37. The fourth-order valence-corrected chi connectivity index (χ4v) is 4.43. The minimum atomic E-state index is -1.73. The zero-order valence-electron chi connectivity index (χ0n) is 18.8. The van der Waals surface area contributed by atoms with E-state index in [9.17, 15) is 13.6 Å². The lowest BCUT2D eigenvalue weighted by atomic mass is 9.81. The summed E-state index contributed by atoms with van der Waals surface area (Å²) in [7, 11) is 0. The summed E-state index contributed by atoms with van der Waals surface area (Å²) in [5.74, 6) is -3.06. The van der Waals surface area contributed by atoms with Gasteiger partial charge in [0.2, 0.25) is 0 Å². The maximum Gasteiger partial charge on any atom is 0.328 e. The quantitative estimate of drug-likeness (QED) is 0.385. The van der Waals surface area contributed by atoms with Crippen molar-refractivity contribution in [2.45, 2.75) is 44.9 Å². The molecule has 0 aliphatic carbocycles. The highest BCUT2D eigenvalue weighted by atomic mass is 19.1. The van der Waals surface area contributed by atoms with Crippen LogP contribution in [0.3, 0.4) is 0 Å². The summed E-state index contributed by atoms with van der Waals surface area (Å²) in [4.78, 5) is 12.3. The molecule has 1 N–H and O–H groups in total. The average Bonchev–Trinajstić information content (AvgIpc) is 2.73. The van der Waals surface area contributed by atoms with Crippen LogP contribution in [0.2, 0.25) is 0 Å². The van der Waals surface area contributed by atoms with Gasteiger partial charge < -0.3 is 5.11 Å². The van der Waals surface area contributed by atoms with Crippen molar-refractivity contribution in [3.05, 3.63) is 82.4 Å². The molecule has 7 heteroatoms. The Hall–Kier alpha value is -2.93. The van der Waals surface area contributed by atoms with Crippen LogP contribution in [0.15, 0.2) is 54.1 Å². The highest BCUT2D eigenvalue weighted by molar-refractivity contribution is 5.85. The van der Waals surface area contributed by atoms with Gasteiger partial charge in [0.15, 0.2) is 0 Å². The Morgan fingerprint density at radius 1 is 1.18 bits per heavy atom. The van der Waals surface area contributed by atoms with Crippen molar-refractivity contribution < 1.29 is 27.5 Å². The van der Waals surface area contributed by atoms with Crippen LogP contribution in [0.1, 0.15) is 49.9 Å². The van der Waals surface area contributed by atoms with E-state index in [4.69, 9.17) is 5.11 Å². The van der Waals surface area contributed by atoms with E-state index in [0.717, 1.165) is 35.4 Å². The molecular weight excluding hydrogens is 434 g/mol. The lowest BCUT2D eigenvalue weighted by molar-refractivity contribution is -0.131. The van der Waals surface area contributed by atoms with Crippen LogP contribution in [-0.2, 0) is 4.79 Å². The minimum Gasteiger partial charge on any atom is -0.478 e. The first-order valence-electron chi connectivity index (χ1n) is 10.7. The number of alkyl halides is 2. The van der Waals surface area contributed by atoms with E-state index in [2.05, 4.69) is 0 Å². The van der Waals surface area contributed by atoms with Gasteiger partial charge in [-0.15, -0.1) is 0 Å². The molecular formula is C26H27F4NO2. The number of hydrogen-bond acceptors (Lipinski definition) is 2. The zero-order valence-corrected chi connectivity index (χ0v) is 18.8. The van der Waals surface area contributed by atoms with Gasteiger partial charge in [0, 0.05) is 24.2 Å². The number of hydrogen-bond donors (Lipinski definition) is 1. The second kappa shape index (κ2) is 9.91. The van der Waals surface area contributed by atoms with Crippen LogP contribution >= 0.6 is 0 Å². The second-order valence-corrected chi connectivity index (χ2v) is 8.90. The van der Waals surface area contributed by atoms with Gasteiger partial charge in [0.05, 0.1) is 6.04 Å². The zero-order chi connectivity index (χ0) is 24.3. The monoisotopic (exact) mass is 461 g/mol. The first-order chi connectivity index (χ1) is 15.5. The highest BCUT2D eigenvalue weighted by Crippen LogP contribution is 2.45. The van der Waals surface area contributed by atoms with Crippen molar-refractivity contribution in [3.63, 3.8) is 0 Å². The fourth-order valence-electron chi connectivity index (χ4n) is 4.43. The third kappa shape index (κ3) is 5.71. The molecule has 1 aliphatic heterocycles. The molecule has 3 nitrogen and oxygen atoms in total. The largest absolute Gasteiger partial charge is 0.478 e.